The van der Waals surface area contributed by atoms with Gasteiger partial charge in [-0.05, 0) is 38.1 Å². The van der Waals surface area contributed by atoms with E-state index < -0.39 is 9.84 Å². The number of sulfone groups is 1. The molecule has 5 heteroatoms. The van der Waals surface area contributed by atoms with Crippen LogP contribution in [0.1, 0.15) is 32.6 Å². The van der Waals surface area contributed by atoms with Gasteiger partial charge in [0.05, 0.1) is 11.5 Å². The van der Waals surface area contributed by atoms with Crippen LogP contribution in [0.15, 0.2) is 0 Å². The van der Waals surface area contributed by atoms with Crippen LogP contribution in [-0.4, -0.2) is 44.2 Å². The molecule has 0 bridgehead atoms. The van der Waals surface area contributed by atoms with Crippen LogP contribution in [0.2, 0.25) is 0 Å². The smallest absolute Gasteiger partial charge is 0.151 e. The second-order valence-electron chi connectivity index (χ2n) is 4.84. The van der Waals surface area contributed by atoms with E-state index in [4.69, 9.17) is 5.11 Å². The topological polar surface area (TPSA) is 66.4 Å². The summed E-state index contributed by atoms with van der Waals surface area (Å²) in [6, 6.07) is 0.142. The van der Waals surface area contributed by atoms with Crippen molar-refractivity contribution < 1.29 is 13.5 Å². The van der Waals surface area contributed by atoms with Gasteiger partial charge in [-0.1, -0.05) is 6.92 Å². The molecule has 0 radical (unpaired) electrons. The monoisotopic (exact) mass is 249 g/mol. The molecule has 1 heterocycles. The average molecular weight is 249 g/mol. The van der Waals surface area contributed by atoms with Crippen molar-refractivity contribution in [3.8, 4) is 0 Å². The van der Waals surface area contributed by atoms with Gasteiger partial charge in [0.15, 0.2) is 9.84 Å². The van der Waals surface area contributed by atoms with Crippen LogP contribution in [0.5, 0.6) is 0 Å². The van der Waals surface area contributed by atoms with Crippen LogP contribution >= 0.6 is 0 Å². The van der Waals surface area contributed by atoms with Gasteiger partial charge >= 0.3 is 0 Å². The van der Waals surface area contributed by atoms with Crippen molar-refractivity contribution in [2.24, 2.45) is 5.92 Å². The fraction of sp³-hybridized carbons (Fsp3) is 1.00. The van der Waals surface area contributed by atoms with Crippen molar-refractivity contribution in [3.05, 3.63) is 0 Å². The molecule has 2 N–H and O–H groups in total. The first-order valence-electron chi connectivity index (χ1n) is 6.08. The summed E-state index contributed by atoms with van der Waals surface area (Å²) in [5.74, 6) is 0.992. The van der Waals surface area contributed by atoms with Gasteiger partial charge in [0, 0.05) is 12.6 Å². The van der Waals surface area contributed by atoms with Gasteiger partial charge in [-0.2, -0.15) is 0 Å². The van der Waals surface area contributed by atoms with Gasteiger partial charge in [0.25, 0.3) is 0 Å². The molecule has 1 aliphatic rings. The third kappa shape index (κ3) is 5.27. The Morgan fingerprint density at radius 1 is 1.50 bits per heavy atom. The highest BCUT2D eigenvalue weighted by atomic mass is 32.2. The summed E-state index contributed by atoms with van der Waals surface area (Å²) in [7, 11) is -2.79. The van der Waals surface area contributed by atoms with Crippen LogP contribution in [0.25, 0.3) is 0 Å². The first-order chi connectivity index (χ1) is 7.53. The predicted octanol–water partition coefficient (Wildman–Crippen LogP) is 0.562. The van der Waals surface area contributed by atoms with Crippen molar-refractivity contribution in [1.82, 2.24) is 5.32 Å². The van der Waals surface area contributed by atoms with Crippen LogP contribution < -0.4 is 5.32 Å². The highest BCUT2D eigenvalue weighted by molar-refractivity contribution is 7.91. The molecule has 1 saturated heterocycles. The highest BCUT2D eigenvalue weighted by Gasteiger charge is 2.23. The highest BCUT2D eigenvalue weighted by Crippen LogP contribution is 2.12. The van der Waals surface area contributed by atoms with Gasteiger partial charge in [0.1, 0.15) is 0 Å². The summed E-state index contributed by atoms with van der Waals surface area (Å²) in [5.41, 5.74) is 0. The number of rotatable bonds is 6. The van der Waals surface area contributed by atoms with Crippen LogP contribution in [0.4, 0.5) is 0 Å². The molecule has 1 rings (SSSR count). The lowest BCUT2D eigenvalue weighted by Gasteiger charge is -2.23. The van der Waals surface area contributed by atoms with E-state index in [0.717, 1.165) is 32.2 Å². The molecule has 2 atom stereocenters. The minimum atomic E-state index is -2.79. The molecule has 1 fully saturated rings. The van der Waals surface area contributed by atoms with E-state index >= 15 is 0 Å². The van der Waals surface area contributed by atoms with Gasteiger partial charge in [-0.3, -0.25) is 0 Å². The van der Waals surface area contributed by atoms with E-state index in [0.29, 0.717) is 17.4 Å². The minimum absolute atomic E-state index is 0.142. The van der Waals surface area contributed by atoms with Gasteiger partial charge in [0.2, 0.25) is 0 Å². The van der Waals surface area contributed by atoms with Crippen LogP contribution in [0, 0.1) is 5.92 Å². The van der Waals surface area contributed by atoms with Gasteiger partial charge in [-0.15, -0.1) is 0 Å². The largest absolute Gasteiger partial charge is 0.396 e. The van der Waals surface area contributed by atoms with Crippen molar-refractivity contribution in [2.75, 3.05) is 24.7 Å². The van der Waals surface area contributed by atoms with Gasteiger partial charge < -0.3 is 10.4 Å². The second-order valence-corrected chi connectivity index (χ2v) is 7.07. The van der Waals surface area contributed by atoms with E-state index in [1.165, 1.54) is 0 Å². The van der Waals surface area contributed by atoms with Crippen molar-refractivity contribution in [3.63, 3.8) is 0 Å². The molecule has 0 aromatic carbocycles. The zero-order chi connectivity index (χ0) is 12.0. The lowest BCUT2D eigenvalue weighted by molar-refractivity contribution is 0.227. The Balaban J connectivity index is 2.13. The molecule has 0 aromatic heterocycles. The van der Waals surface area contributed by atoms with Crippen molar-refractivity contribution >= 4 is 9.84 Å². The normalized spacial score (nSPS) is 26.5. The maximum absolute atomic E-state index is 11.4. The Bertz CT molecular complexity index is 290. The quantitative estimate of drug-likeness (QED) is 0.675. The summed E-state index contributed by atoms with van der Waals surface area (Å²) < 4.78 is 22.8. The molecule has 0 aliphatic carbocycles. The standard InChI is InChI=1S/C11H23NO3S/c1-10(8-13)4-2-6-12-11-5-3-7-16(14,15)9-11/h10-13H,2-9H2,1H3. The van der Waals surface area contributed by atoms with E-state index in [9.17, 15) is 8.42 Å². The molecule has 0 saturated carbocycles. The number of hydrogen-bond acceptors (Lipinski definition) is 4. The van der Waals surface area contributed by atoms with Crippen LogP contribution in [0.3, 0.4) is 0 Å². The molecule has 2 unspecified atom stereocenters. The minimum Gasteiger partial charge on any atom is -0.396 e. The number of aliphatic hydroxyl groups is 1. The average Bonchev–Trinajstić information content (AvgIpc) is 2.22. The van der Waals surface area contributed by atoms with E-state index in [-0.39, 0.29) is 12.6 Å². The fourth-order valence-corrected chi connectivity index (χ4v) is 3.70. The Hall–Kier alpha value is -0.130. The van der Waals surface area contributed by atoms with Crippen LogP contribution in [-0.2, 0) is 9.84 Å². The third-order valence-corrected chi connectivity index (χ3v) is 4.90. The maximum atomic E-state index is 11.4. The zero-order valence-electron chi connectivity index (χ0n) is 9.98. The van der Waals surface area contributed by atoms with Crippen molar-refractivity contribution in [2.45, 2.75) is 38.6 Å². The number of nitrogens with one attached hydrogen (secondary N) is 1. The number of hydrogen-bond donors (Lipinski definition) is 2. The Labute approximate surface area is 98.4 Å². The predicted molar refractivity (Wildman–Crippen MR) is 65.2 cm³/mol. The van der Waals surface area contributed by atoms with E-state index in [1.54, 1.807) is 0 Å². The first-order valence-corrected chi connectivity index (χ1v) is 7.90. The molecule has 0 aromatic rings. The SMILES string of the molecule is CC(CO)CCCNC1CCCS(=O)(=O)C1. The fourth-order valence-electron chi connectivity index (χ4n) is 2.03. The molecule has 0 amide bonds. The zero-order valence-corrected chi connectivity index (χ0v) is 10.8. The molecule has 96 valence electrons. The third-order valence-electron chi connectivity index (χ3n) is 3.08. The Kier molecular flexibility index (Phi) is 5.72. The van der Waals surface area contributed by atoms with Gasteiger partial charge in [-0.25, -0.2) is 8.42 Å². The molecule has 0 spiro atoms. The van der Waals surface area contributed by atoms with E-state index in [2.05, 4.69) is 5.32 Å². The Morgan fingerprint density at radius 2 is 2.25 bits per heavy atom. The number of aliphatic hydroxyl groups excluding tert-OH is 1. The summed E-state index contributed by atoms with van der Waals surface area (Å²) in [6.07, 6.45) is 3.74. The summed E-state index contributed by atoms with van der Waals surface area (Å²) in [4.78, 5) is 0. The summed E-state index contributed by atoms with van der Waals surface area (Å²) in [6.45, 7) is 3.10. The summed E-state index contributed by atoms with van der Waals surface area (Å²) in [5, 5.41) is 12.1. The lowest BCUT2D eigenvalue weighted by Crippen LogP contribution is -2.40. The van der Waals surface area contributed by atoms with Crippen molar-refractivity contribution in [1.29, 1.82) is 0 Å². The molecule has 1 aliphatic heterocycles. The molecular weight excluding hydrogens is 226 g/mol. The lowest BCUT2D eigenvalue weighted by atomic mass is 10.1. The summed E-state index contributed by atoms with van der Waals surface area (Å²) >= 11 is 0. The van der Waals surface area contributed by atoms with E-state index in [1.807, 2.05) is 6.92 Å². The maximum Gasteiger partial charge on any atom is 0.151 e. The molecular formula is C11H23NO3S. The molecule has 4 nitrogen and oxygen atoms in total. The first kappa shape index (κ1) is 13.9. The second kappa shape index (κ2) is 6.57. The molecule has 16 heavy (non-hydrogen) atoms. The Morgan fingerprint density at radius 3 is 2.88 bits per heavy atom.